The number of rotatable bonds is 9. The van der Waals surface area contributed by atoms with Gasteiger partial charge in [0.25, 0.3) is 11.1 Å². The minimum atomic E-state index is -1.17. The zero-order chi connectivity index (χ0) is 24.8. The summed E-state index contributed by atoms with van der Waals surface area (Å²) in [5.74, 6) is -1.85. The number of benzene rings is 2. The van der Waals surface area contributed by atoms with Crippen molar-refractivity contribution in [2.24, 2.45) is 0 Å². The molecule has 2 aromatic carbocycles. The monoisotopic (exact) mass is 484 g/mol. The molecular formula is C24H24N2O7S. The summed E-state index contributed by atoms with van der Waals surface area (Å²) >= 11 is 0.687. The van der Waals surface area contributed by atoms with Crippen LogP contribution in [-0.4, -0.2) is 52.8 Å². The van der Waals surface area contributed by atoms with Gasteiger partial charge in [0, 0.05) is 11.3 Å². The van der Waals surface area contributed by atoms with Crippen LogP contribution in [0.2, 0.25) is 0 Å². The lowest BCUT2D eigenvalue weighted by Gasteiger charge is -2.14. The first-order chi connectivity index (χ1) is 16.2. The molecule has 0 aromatic heterocycles. The second-order valence-electron chi connectivity index (χ2n) is 7.40. The first-order valence-electron chi connectivity index (χ1n) is 10.4. The highest BCUT2D eigenvalue weighted by Gasteiger charge is 2.36. The predicted molar refractivity (Wildman–Crippen MR) is 128 cm³/mol. The number of anilines is 1. The van der Waals surface area contributed by atoms with Gasteiger partial charge in [-0.3, -0.25) is 19.3 Å². The first kappa shape index (κ1) is 24.8. The number of imide groups is 1. The molecule has 9 nitrogen and oxygen atoms in total. The number of carboxylic acid groups (broad SMARTS) is 1. The molecule has 0 aliphatic carbocycles. The molecule has 34 heavy (non-hydrogen) atoms. The van der Waals surface area contributed by atoms with Crippen LogP contribution in [0.3, 0.4) is 0 Å². The molecule has 2 N–H and O–H groups in total. The molecule has 1 fully saturated rings. The highest BCUT2D eigenvalue weighted by atomic mass is 32.2. The quantitative estimate of drug-likeness (QED) is 0.515. The number of hydrogen-bond donors (Lipinski definition) is 2. The second kappa shape index (κ2) is 10.9. The van der Waals surface area contributed by atoms with Crippen molar-refractivity contribution in [2.45, 2.75) is 20.8 Å². The highest BCUT2D eigenvalue weighted by Crippen LogP contribution is 2.37. The largest absolute Gasteiger partial charge is 0.490 e. The average Bonchev–Trinajstić information content (AvgIpc) is 3.03. The number of nitrogens with one attached hydrogen (secondary N) is 1. The van der Waals surface area contributed by atoms with Gasteiger partial charge in [-0.05, 0) is 67.9 Å². The number of carboxylic acids is 1. The Labute approximate surface area is 200 Å². The van der Waals surface area contributed by atoms with Gasteiger partial charge in [0.1, 0.15) is 6.54 Å². The maximum Gasteiger partial charge on any atom is 0.341 e. The van der Waals surface area contributed by atoms with Crippen molar-refractivity contribution in [3.63, 3.8) is 0 Å². The number of hydrogen-bond acceptors (Lipinski definition) is 7. The van der Waals surface area contributed by atoms with E-state index in [2.05, 4.69) is 5.32 Å². The molecule has 3 rings (SSSR count). The molecule has 0 atom stereocenters. The molecule has 3 amide bonds. The van der Waals surface area contributed by atoms with Gasteiger partial charge in [0.2, 0.25) is 5.91 Å². The predicted octanol–water partition coefficient (Wildman–Crippen LogP) is 3.84. The Morgan fingerprint density at radius 2 is 1.88 bits per heavy atom. The van der Waals surface area contributed by atoms with Crippen LogP contribution in [0.4, 0.5) is 10.5 Å². The van der Waals surface area contributed by atoms with E-state index in [1.54, 1.807) is 31.2 Å². The van der Waals surface area contributed by atoms with Crippen molar-refractivity contribution in [2.75, 3.05) is 25.1 Å². The minimum Gasteiger partial charge on any atom is -0.490 e. The number of para-hydroxylation sites is 1. The maximum atomic E-state index is 12.9. The van der Waals surface area contributed by atoms with Crippen molar-refractivity contribution >= 4 is 46.5 Å². The van der Waals surface area contributed by atoms with E-state index < -0.39 is 36.2 Å². The van der Waals surface area contributed by atoms with Crippen LogP contribution < -0.4 is 14.8 Å². The van der Waals surface area contributed by atoms with Crippen molar-refractivity contribution in [1.82, 2.24) is 4.90 Å². The van der Waals surface area contributed by atoms with Gasteiger partial charge in [-0.15, -0.1) is 0 Å². The van der Waals surface area contributed by atoms with Crippen LogP contribution >= 0.6 is 11.8 Å². The molecule has 178 valence electrons. The summed E-state index contributed by atoms with van der Waals surface area (Å²) in [5.41, 5.74) is 3.03. The fourth-order valence-electron chi connectivity index (χ4n) is 3.14. The number of carbonyl (C=O) groups excluding carboxylic acids is 3. The number of nitrogens with zero attached hydrogens (tertiary/aromatic N) is 1. The van der Waals surface area contributed by atoms with Crippen LogP contribution in [0, 0.1) is 13.8 Å². The zero-order valence-electron chi connectivity index (χ0n) is 18.9. The van der Waals surface area contributed by atoms with Crippen LogP contribution in [0.1, 0.15) is 23.6 Å². The molecule has 0 radical (unpaired) electrons. The molecule has 0 unspecified atom stereocenters. The van der Waals surface area contributed by atoms with Crippen molar-refractivity contribution in [1.29, 1.82) is 0 Å². The van der Waals surface area contributed by atoms with Gasteiger partial charge in [0.15, 0.2) is 18.1 Å². The van der Waals surface area contributed by atoms with Gasteiger partial charge < -0.3 is 19.9 Å². The SMILES string of the molecule is CCOc1cccc(/C=C2/SC(=O)N(CC(=O)Nc3ccc(C)c(C)c3)C2=O)c1OCC(=O)O. The van der Waals surface area contributed by atoms with Gasteiger partial charge in [-0.2, -0.15) is 0 Å². The summed E-state index contributed by atoms with van der Waals surface area (Å²) in [7, 11) is 0. The third kappa shape index (κ3) is 5.96. The second-order valence-corrected chi connectivity index (χ2v) is 8.40. The molecule has 1 saturated heterocycles. The highest BCUT2D eigenvalue weighted by molar-refractivity contribution is 8.18. The standard InChI is InChI=1S/C24H24N2O7S/c1-4-32-18-7-5-6-16(22(18)33-13-21(28)29)11-19-23(30)26(24(31)34-19)12-20(27)25-17-9-8-14(2)15(3)10-17/h5-11H,4,12-13H2,1-3H3,(H,25,27)(H,28,29)/b19-11+. The fraction of sp³-hybridized carbons (Fsp3) is 0.250. The molecule has 1 heterocycles. The van der Waals surface area contributed by atoms with E-state index in [0.29, 0.717) is 35.4 Å². The van der Waals surface area contributed by atoms with E-state index in [0.717, 1.165) is 16.0 Å². The van der Waals surface area contributed by atoms with E-state index in [4.69, 9.17) is 14.6 Å². The van der Waals surface area contributed by atoms with Gasteiger partial charge in [0.05, 0.1) is 11.5 Å². The van der Waals surface area contributed by atoms with Crippen molar-refractivity contribution in [3.8, 4) is 11.5 Å². The lowest BCUT2D eigenvalue weighted by atomic mass is 10.1. The molecule has 1 aliphatic heterocycles. The first-order valence-corrected chi connectivity index (χ1v) is 11.2. The summed E-state index contributed by atoms with van der Waals surface area (Å²) in [4.78, 5) is 49.7. The van der Waals surface area contributed by atoms with Gasteiger partial charge >= 0.3 is 5.97 Å². The average molecular weight is 485 g/mol. The Morgan fingerprint density at radius 1 is 1.12 bits per heavy atom. The summed E-state index contributed by atoms with van der Waals surface area (Å²) in [6.45, 7) is 4.92. The molecule has 10 heteroatoms. The summed E-state index contributed by atoms with van der Waals surface area (Å²) in [6, 6.07) is 10.3. The molecule has 0 spiro atoms. The topological polar surface area (TPSA) is 122 Å². The van der Waals surface area contributed by atoms with E-state index in [-0.39, 0.29) is 10.7 Å². The number of amides is 3. The third-order valence-electron chi connectivity index (χ3n) is 4.90. The van der Waals surface area contributed by atoms with E-state index in [9.17, 15) is 19.2 Å². The van der Waals surface area contributed by atoms with Crippen LogP contribution in [-0.2, 0) is 14.4 Å². The lowest BCUT2D eigenvalue weighted by Crippen LogP contribution is -2.36. The zero-order valence-corrected chi connectivity index (χ0v) is 19.7. The fourth-order valence-corrected chi connectivity index (χ4v) is 3.97. The van der Waals surface area contributed by atoms with E-state index >= 15 is 0 Å². The maximum absolute atomic E-state index is 12.9. The molecular weight excluding hydrogens is 460 g/mol. The van der Waals surface area contributed by atoms with Crippen molar-refractivity contribution in [3.05, 3.63) is 58.0 Å². The Kier molecular flexibility index (Phi) is 7.95. The van der Waals surface area contributed by atoms with Crippen molar-refractivity contribution < 1.29 is 33.8 Å². The number of aryl methyl sites for hydroxylation is 2. The van der Waals surface area contributed by atoms with Gasteiger partial charge in [-0.25, -0.2) is 4.79 Å². The Morgan fingerprint density at radius 3 is 2.56 bits per heavy atom. The normalized spacial score (nSPS) is 14.4. The van der Waals surface area contributed by atoms with E-state index in [1.807, 2.05) is 26.0 Å². The third-order valence-corrected chi connectivity index (χ3v) is 5.81. The van der Waals surface area contributed by atoms with Crippen LogP contribution in [0.25, 0.3) is 6.08 Å². The number of thioether (sulfide) groups is 1. The molecule has 2 aromatic rings. The smallest absolute Gasteiger partial charge is 0.341 e. The Hall–Kier alpha value is -3.79. The molecule has 0 saturated carbocycles. The molecule has 0 bridgehead atoms. The number of carbonyl (C=O) groups is 4. The number of aliphatic carboxylic acids is 1. The minimum absolute atomic E-state index is 0.0813. The van der Waals surface area contributed by atoms with Crippen LogP contribution in [0.5, 0.6) is 11.5 Å². The van der Waals surface area contributed by atoms with E-state index in [1.165, 1.54) is 6.08 Å². The Bertz CT molecular complexity index is 1180. The molecule has 1 aliphatic rings. The summed E-state index contributed by atoms with van der Waals surface area (Å²) in [5, 5.41) is 11.1. The van der Waals surface area contributed by atoms with Gasteiger partial charge in [-0.1, -0.05) is 18.2 Å². The summed E-state index contributed by atoms with van der Waals surface area (Å²) in [6.07, 6.45) is 1.42. The summed E-state index contributed by atoms with van der Waals surface area (Å²) < 4.78 is 10.9. The van der Waals surface area contributed by atoms with Crippen LogP contribution in [0.15, 0.2) is 41.3 Å². The lowest BCUT2D eigenvalue weighted by molar-refractivity contribution is -0.139. The Balaban J connectivity index is 1.78. The number of ether oxygens (including phenoxy) is 2.